The second-order valence-electron chi connectivity index (χ2n) is 3.17. The summed E-state index contributed by atoms with van der Waals surface area (Å²) in [5.41, 5.74) is 5.07. The molecule has 1 heterocycles. The third kappa shape index (κ3) is 4.42. The van der Waals surface area contributed by atoms with Gasteiger partial charge in [0.25, 0.3) is 0 Å². The highest BCUT2D eigenvalue weighted by Gasteiger charge is 2.03. The van der Waals surface area contributed by atoms with Crippen LogP contribution in [-0.4, -0.2) is 24.2 Å². The fourth-order valence-electron chi connectivity index (χ4n) is 1.16. The zero-order chi connectivity index (χ0) is 11.1. The number of carbonyl (C=O) groups excluding carboxylic acids is 1. The Labute approximate surface area is 88.3 Å². The van der Waals surface area contributed by atoms with Gasteiger partial charge in [-0.15, -0.1) is 0 Å². The first-order valence-corrected chi connectivity index (χ1v) is 4.77. The number of nitrogens with one attached hydrogen (secondary N) is 1. The van der Waals surface area contributed by atoms with Gasteiger partial charge in [-0.05, 0) is 19.5 Å². The molecule has 0 aromatic carbocycles. The molecule has 1 amide bonds. The molecule has 0 aliphatic heterocycles. The number of nitrogens with two attached hydrogens (primary N) is 1. The molecule has 5 heteroatoms. The average molecular weight is 209 g/mol. The van der Waals surface area contributed by atoms with Crippen LogP contribution in [0.3, 0.4) is 0 Å². The SMILES string of the molecule is CNC(/C=C/c1ccno1)CCC(N)=O. The van der Waals surface area contributed by atoms with E-state index >= 15 is 0 Å². The minimum Gasteiger partial charge on any atom is -0.370 e. The van der Waals surface area contributed by atoms with Gasteiger partial charge in [0.1, 0.15) is 0 Å². The Morgan fingerprint density at radius 1 is 1.80 bits per heavy atom. The highest BCUT2D eigenvalue weighted by atomic mass is 16.5. The Balaban J connectivity index is 2.42. The van der Waals surface area contributed by atoms with Crippen molar-refractivity contribution in [2.75, 3.05) is 7.05 Å². The van der Waals surface area contributed by atoms with E-state index in [0.29, 0.717) is 18.6 Å². The van der Waals surface area contributed by atoms with Gasteiger partial charge in [-0.2, -0.15) is 0 Å². The quantitative estimate of drug-likeness (QED) is 0.716. The molecule has 3 N–H and O–H groups in total. The molecular formula is C10H15N3O2. The van der Waals surface area contributed by atoms with Gasteiger partial charge in [-0.1, -0.05) is 11.2 Å². The number of carbonyl (C=O) groups is 1. The van der Waals surface area contributed by atoms with Crippen LogP contribution in [0.2, 0.25) is 0 Å². The van der Waals surface area contributed by atoms with E-state index in [1.807, 2.05) is 19.2 Å². The van der Waals surface area contributed by atoms with E-state index in [1.54, 1.807) is 12.3 Å². The molecule has 15 heavy (non-hydrogen) atoms. The molecular weight excluding hydrogens is 194 g/mol. The first kappa shape index (κ1) is 11.5. The number of aromatic nitrogens is 1. The van der Waals surface area contributed by atoms with Crippen molar-refractivity contribution < 1.29 is 9.32 Å². The lowest BCUT2D eigenvalue weighted by Gasteiger charge is -2.09. The largest absolute Gasteiger partial charge is 0.370 e. The first-order valence-electron chi connectivity index (χ1n) is 4.77. The van der Waals surface area contributed by atoms with E-state index in [0.717, 1.165) is 0 Å². The fourth-order valence-corrected chi connectivity index (χ4v) is 1.16. The Hall–Kier alpha value is -1.62. The van der Waals surface area contributed by atoms with Crippen LogP contribution in [-0.2, 0) is 4.79 Å². The molecule has 0 spiro atoms. The van der Waals surface area contributed by atoms with Gasteiger partial charge in [0.15, 0.2) is 5.76 Å². The minimum absolute atomic E-state index is 0.114. The van der Waals surface area contributed by atoms with Crippen molar-refractivity contribution >= 4 is 12.0 Å². The summed E-state index contributed by atoms with van der Waals surface area (Å²) in [6.45, 7) is 0. The molecule has 0 aliphatic rings. The second-order valence-corrected chi connectivity index (χ2v) is 3.17. The van der Waals surface area contributed by atoms with Crippen molar-refractivity contribution in [1.82, 2.24) is 10.5 Å². The predicted molar refractivity (Wildman–Crippen MR) is 56.8 cm³/mol. The van der Waals surface area contributed by atoms with E-state index in [2.05, 4.69) is 10.5 Å². The number of amides is 1. The lowest BCUT2D eigenvalue weighted by molar-refractivity contribution is -0.118. The van der Waals surface area contributed by atoms with Crippen molar-refractivity contribution in [2.45, 2.75) is 18.9 Å². The fraction of sp³-hybridized carbons (Fsp3) is 0.400. The number of hydrogen-bond acceptors (Lipinski definition) is 4. The summed E-state index contributed by atoms with van der Waals surface area (Å²) in [7, 11) is 1.83. The van der Waals surface area contributed by atoms with Crippen LogP contribution in [0.5, 0.6) is 0 Å². The number of hydrogen-bond donors (Lipinski definition) is 2. The highest BCUT2D eigenvalue weighted by Crippen LogP contribution is 2.04. The summed E-state index contributed by atoms with van der Waals surface area (Å²) in [5, 5.41) is 6.64. The van der Waals surface area contributed by atoms with Crippen LogP contribution in [0.15, 0.2) is 22.9 Å². The van der Waals surface area contributed by atoms with Crippen LogP contribution in [0.1, 0.15) is 18.6 Å². The third-order valence-corrected chi connectivity index (χ3v) is 2.02. The molecule has 82 valence electrons. The zero-order valence-electron chi connectivity index (χ0n) is 8.64. The van der Waals surface area contributed by atoms with Crippen LogP contribution in [0.25, 0.3) is 6.08 Å². The van der Waals surface area contributed by atoms with Crippen LogP contribution in [0, 0.1) is 0 Å². The van der Waals surface area contributed by atoms with Crippen LogP contribution >= 0.6 is 0 Å². The Morgan fingerprint density at radius 2 is 2.60 bits per heavy atom. The molecule has 1 aromatic rings. The van der Waals surface area contributed by atoms with E-state index in [4.69, 9.17) is 10.3 Å². The molecule has 1 rings (SSSR count). The van der Waals surface area contributed by atoms with Gasteiger partial charge in [-0.3, -0.25) is 4.79 Å². The van der Waals surface area contributed by atoms with Gasteiger partial charge in [0.2, 0.25) is 5.91 Å². The van der Waals surface area contributed by atoms with Crippen LogP contribution < -0.4 is 11.1 Å². The van der Waals surface area contributed by atoms with Crippen molar-refractivity contribution in [3.63, 3.8) is 0 Å². The molecule has 1 atom stereocenters. The number of nitrogens with zero attached hydrogens (tertiary/aromatic N) is 1. The summed E-state index contributed by atoms with van der Waals surface area (Å²) >= 11 is 0. The Morgan fingerprint density at radius 3 is 3.13 bits per heavy atom. The maximum atomic E-state index is 10.6. The number of rotatable bonds is 6. The molecule has 0 radical (unpaired) electrons. The molecule has 1 aromatic heterocycles. The second kappa shape index (κ2) is 5.98. The summed E-state index contributed by atoms with van der Waals surface area (Å²) in [4.78, 5) is 10.6. The lowest BCUT2D eigenvalue weighted by Crippen LogP contribution is -2.24. The predicted octanol–water partition coefficient (Wildman–Crippen LogP) is 0.541. The van der Waals surface area contributed by atoms with Crippen molar-refractivity contribution in [1.29, 1.82) is 0 Å². The van der Waals surface area contributed by atoms with E-state index in [9.17, 15) is 4.79 Å². The topological polar surface area (TPSA) is 81.2 Å². The summed E-state index contributed by atoms with van der Waals surface area (Å²) < 4.78 is 4.90. The van der Waals surface area contributed by atoms with Crippen molar-refractivity contribution in [3.05, 3.63) is 24.1 Å². The van der Waals surface area contributed by atoms with Gasteiger partial charge >= 0.3 is 0 Å². The number of likely N-dealkylation sites (N-methyl/N-ethyl adjacent to an activating group) is 1. The van der Waals surface area contributed by atoms with Crippen molar-refractivity contribution in [2.24, 2.45) is 5.73 Å². The molecule has 0 saturated heterocycles. The third-order valence-electron chi connectivity index (χ3n) is 2.02. The number of primary amides is 1. The highest BCUT2D eigenvalue weighted by molar-refractivity contribution is 5.73. The van der Waals surface area contributed by atoms with Crippen molar-refractivity contribution in [3.8, 4) is 0 Å². The maximum Gasteiger partial charge on any atom is 0.217 e. The van der Waals surface area contributed by atoms with E-state index in [-0.39, 0.29) is 11.9 Å². The van der Waals surface area contributed by atoms with Gasteiger partial charge in [0.05, 0.1) is 6.20 Å². The lowest BCUT2D eigenvalue weighted by atomic mass is 10.1. The normalized spacial score (nSPS) is 13.1. The smallest absolute Gasteiger partial charge is 0.217 e. The molecule has 0 aliphatic carbocycles. The van der Waals surface area contributed by atoms with E-state index < -0.39 is 0 Å². The standard InChI is InChI=1S/C10H15N3O2/c1-12-8(3-5-10(11)14)2-4-9-6-7-13-15-9/h2,4,6-8,12H,3,5H2,1H3,(H2,11,14)/b4-2+. The van der Waals surface area contributed by atoms with Gasteiger partial charge in [0, 0.05) is 18.5 Å². The first-order chi connectivity index (χ1) is 7.22. The van der Waals surface area contributed by atoms with Crippen LogP contribution in [0.4, 0.5) is 0 Å². The summed E-state index contributed by atoms with van der Waals surface area (Å²) in [5.74, 6) is 0.401. The monoisotopic (exact) mass is 209 g/mol. The van der Waals surface area contributed by atoms with Gasteiger partial charge in [-0.25, -0.2) is 0 Å². The minimum atomic E-state index is -0.289. The average Bonchev–Trinajstić information content (AvgIpc) is 2.70. The Kier molecular flexibility index (Phi) is 4.56. The summed E-state index contributed by atoms with van der Waals surface area (Å²) in [6.07, 6.45) is 6.36. The Bertz CT molecular complexity index is 319. The van der Waals surface area contributed by atoms with Gasteiger partial charge < -0.3 is 15.6 Å². The molecule has 0 fully saturated rings. The molecule has 0 bridgehead atoms. The van der Waals surface area contributed by atoms with E-state index in [1.165, 1.54) is 0 Å². The molecule has 1 unspecified atom stereocenters. The zero-order valence-corrected chi connectivity index (χ0v) is 8.64. The maximum absolute atomic E-state index is 10.6. The molecule has 0 saturated carbocycles. The summed E-state index contributed by atoms with van der Waals surface area (Å²) in [6, 6.07) is 1.87. The molecule has 5 nitrogen and oxygen atoms in total.